The first-order valence-electron chi connectivity index (χ1n) is 16.5. The van der Waals surface area contributed by atoms with Crippen LogP contribution in [0.4, 0.5) is 0 Å². The number of hydrogen-bond acceptors (Lipinski definition) is 5. The number of carbonyl (C=O) groups is 5. The second-order valence-electron chi connectivity index (χ2n) is 12.9. The Kier molecular flexibility index (Phi) is 14.5. The van der Waals surface area contributed by atoms with E-state index in [4.69, 9.17) is 0 Å². The van der Waals surface area contributed by atoms with Crippen LogP contribution in [0.1, 0.15) is 83.4 Å². The highest BCUT2D eigenvalue weighted by Crippen LogP contribution is 2.11. The van der Waals surface area contributed by atoms with Crippen LogP contribution >= 0.6 is 0 Å². The van der Waals surface area contributed by atoms with E-state index in [9.17, 15) is 24.0 Å². The summed E-state index contributed by atoms with van der Waals surface area (Å²) < 4.78 is 0. The standard InChI is InChI=1S/C37H49N5O5/c1-24(2)20-30-35(45)39-26(5)34(44)38-23-29-18-13-17-27(21-29)14-9-6-7-12-19-32(43)42-33(25(3)4)37(47)41-31(36(46)40-30)22-28-15-10-8-11-16-28/h8,10-11,13,15-18,21,24-26,30-31,33H,6-7,12,19-20,22-23H2,1-5H3,(H,38,44)(H,39,45)(H,40,46)(H,41,47)(H,42,43)/t26-,30-,31-,33-/m0/s1. The summed E-state index contributed by atoms with van der Waals surface area (Å²) in [5.74, 6) is 3.94. The van der Waals surface area contributed by atoms with Gasteiger partial charge in [-0.05, 0) is 61.3 Å². The van der Waals surface area contributed by atoms with E-state index in [-0.39, 0.29) is 43.0 Å². The number of hydrogen-bond donors (Lipinski definition) is 5. The van der Waals surface area contributed by atoms with Crippen LogP contribution in [0.2, 0.25) is 0 Å². The van der Waals surface area contributed by atoms with Crippen molar-refractivity contribution in [2.75, 3.05) is 0 Å². The van der Waals surface area contributed by atoms with Gasteiger partial charge in [-0.3, -0.25) is 24.0 Å². The normalized spacial score (nSPS) is 22.5. The maximum Gasteiger partial charge on any atom is 0.243 e. The van der Waals surface area contributed by atoms with Crippen LogP contribution < -0.4 is 26.6 Å². The van der Waals surface area contributed by atoms with Crippen molar-refractivity contribution >= 4 is 29.5 Å². The van der Waals surface area contributed by atoms with E-state index < -0.39 is 41.9 Å². The fraction of sp³-hybridized carbons (Fsp3) is 0.486. The summed E-state index contributed by atoms with van der Waals surface area (Å²) in [5.41, 5.74) is 2.50. The van der Waals surface area contributed by atoms with Gasteiger partial charge in [0.05, 0.1) is 0 Å². The van der Waals surface area contributed by atoms with Gasteiger partial charge < -0.3 is 26.6 Å². The first kappa shape index (κ1) is 36.8. The zero-order chi connectivity index (χ0) is 34.3. The average Bonchev–Trinajstić information content (AvgIpc) is 3.03. The summed E-state index contributed by atoms with van der Waals surface area (Å²) in [7, 11) is 0. The average molecular weight is 644 g/mol. The Morgan fingerprint density at radius 3 is 2.17 bits per heavy atom. The first-order chi connectivity index (χ1) is 22.4. The molecule has 2 bridgehead atoms. The molecule has 0 saturated carbocycles. The Hall–Kier alpha value is -4.65. The molecule has 5 N–H and O–H groups in total. The summed E-state index contributed by atoms with van der Waals surface area (Å²) in [6.45, 7) is 9.37. The highest BCUT2D eigenvalue weighted by atomic mass is 16.2. The number of nitrogens with one attached hydrogen (secondary N) is 5. The molecule has 4 atom stereocenters. The van der Waals surface area contributed by atoms with Crippen molar-refractivity contribution in [1.82, 2.24) is 26.6 Å². The molecule has 0 radical (unpaired) electrons. The Labute approximate surface area is 278 Å². The Morgan fingerprint density at radius 2 is 1.47 bits per heavy atom. The zero-order valence-electron chi connectivity index (χ0n) is 28.2. The summed E-state index contributed by atoms with van der Waals surface area (Å²) in [4.78, 5) is 66.6. The van der Waals surface area contributed by atoms with Crippen molar-refractivity contribution in [2.45, 2.75) is 104 Å². The van der Waals surface area contributed by atoms with Gasteiger partial charge in [-0.2, -0.15) is 0 Å². The number of amides is 5. The van der Waals surface area contributed by atoms with E-state index in [1.807, 2.05) is 82.3 Å². The van der Waals surface area contributed by atoms with Crippen LogP contribution in [0.15, 0.2) is 54.6 Å². The molecule has 0 unspecified atom stereocenters. The van der Waals surface area contributed by atoms with Gasteiger partial charge in [-0.15, -0.1) is 0 Å². The molecular weight excluding hydrogens is 594 g/mol. The highest BCUT2D eigenvalue weighted by molar-refractivity contribution is 5.95. The molecule has 3 rings (SSSR count). The van der Waals surface area contributed by atoms with E-state index in [0.717, 1.165) is 23.1 Å². The molecule has 10 nitrogen and oxygen atoms in total. The van der Waals surface area contributed by atoms with Crippen LogP contribution in [0.5, 0.6) is 0 Å². The predicted octanol–water partition coefficient (Wildman–Crippen LogP) is 3.13. The molecule has 1 aliphatic rings. The lowest BCUT2D eigenvalue weighted by atomic mass is 9.99. The SMILES string of the molecule is CC(C)C[C@@H]1NC(=O)[C@H](Cc2ccccc2)NC(=O)[C@H](C(C)C)NC(=O)CCCCC#Cc2cccc(c2)CNC(=O)[C@H](C)NC1=O. The molecule has 5 amide bonds. The summed E-state index contributed by atoms with van der Waals surface area (Å²) in [6.07, 6.45) is 2.66. The Morgan fingerprint density at radius 1 is 0.766 bits per heavy atom. The molecule has 0 aliphatic carbocycles. The maximum absolute atomic E-state index is 13.8. The molecule has 2 aromatic carbocycles. The molecule has 47 heavy (non-hydrogen) atoms. The fourth-order valence-corrected chi connectivity index (χ4v) is 5.22. The van der Waals surface area contributed by atoms with Crippen LogP contribution in [-0.4, -0.2) is 53.7 Å². The van der Waals surface area contributed by atoms with Crippen LogP contribution in [-0.2, 0) is 36.9 Å². The highest BCUT2D eigenvalue weighted by Gasteiger charge is 2.32. The van der Waals surface area contributed by atoms with Crippen molar-refractivity contribution in [3.63, 3.8) is 0 Å². The van der Waals surface area contributed by atoms with E-state index in [1.54, 1.807) is 6.92 Å². The second kappa shape index (κ2) is 18.5. The van der Waals surface area contributed by atoms with Gasteiger partial charge in [0.1, 0.15) is 24.2 Å². The lowest BCUT2D eigenvalue weighted by Gasteiger charge is -2.28. The number of rotatable bonds is 5. The van der Waals surface area contributed by atoms with Gasteiger partial charge in [-0.1, -0.05) is 82.0 Å². The Bertz CT molecular complexity index is 1450. The lowest BCUT2D eigenvalue weighted by Crippen LogP contribution is -2.59. The van der Waals surface area contributed by atoms with Gasteiger partial charge in [0, 0.05) is 31.4 Å². The summed E-state index contributed by atoms with van der Waals surface area (Å²) in [5, 5.41) is 14.1. The molecule has 0 saturated heterocycles. The number of fused-ring (bicyclic) bond motifs is 2. The van der Waals surface area contributed by atoms with Gasteiger partial charge in [-0.25, -0.2) is 0 Å². The minimum atomic E-state index is -1.02. The molecule has 1 aliphatic heterocycles. The van der Waals surface area contributed by atoms with Crippen LogP contribution in [0.25, 0.3) is 0 Å². The van der Waals surface area contributed by atoms with Crippen molar-refractivity contribution in [3.05, 3.63) is 71.3 Å². The number of benzene rings is 2. The van der Waals surface area contributed by atoms with Crippen molar-refractivity contribution in [2.24, 2.45) is 11.8 Å². The molecule has 10 heteroatoms. The third kappa shape index (κ3) is 12.6. The maximum atomic E-state index is 13.8. The fourth-order valence-electron chi connectivity index (χ4n) is 5.22. The van der Waals surface area contributed by atoms with Crippen LogP contribution in [0.3, 0.4) is 0 Å². The van der Waals surface area contributed by atoms with Crippen LogP contribution in [0, 0.1) is 23.7 Å². The van der Waals surface area contributed by atoms with Gasteiger partial charge in [0.2, 0.25) is 29.5 Å². The lowest BCUT2D eigenvalue weighted by molar-refractivity contribution is -0.135. The monoisotopic (exact) mass is 643 g/mol. The van der Waals surface area contributed by atoms with Gasteiger partial charge in [0.25, 0.3) is 0 Å². The van der Waals surface area contributed by atoms with E-state index in [1.165, 1.54) is 0 Å². The largest absolute Gasteiger partial charge is 0.350 e. The zero-order valence-corrected chi connectivity index (χ0v) is 28.2. The molecular formula is C37H49N5O5. The van der Waals surface area contributed by atoms with Crippen molar-refractivity contribution in [3.8, 4) is 11.8 Å². The van der Waals surface area contributed by atoms with Crippen molar-refractivity contribution < 1.29 is 24.0 Å². The minimum Gasteiger partial charge on any atom is -0.350 e. The molecule has 0 fully saturated rings. The smallest absolute Gasteiger partial charge is 0.243 e. The third-order valence-electron chi connectivity index (χ3n) is 7.86. The topological polar surface area (TPSA) is 146 Å². The Balaban J connectivity index is 1.90. The second-order valence-corrected chi connectivity index (χ2v) is 12.9. The molecule has 252 valence electrons. The van der Waals surface area contributed by atoms with E-state index in [2.05, 4.69) is 38.4 Å². The van der Waals surface area contributed by atoms with Crippen molar-refractivity contribution in [1.29, 1.82) is 0 Å². The molecule has 1 heterocycles. The van der Waals surface area contributed by atoms with E-state index in [0.29, 0.717) is 19.3 Å². The first-order valence-corrected chi connectivity index (χ1v) is 16.5. The van der Waals surface area contributed by atoms with E-state index >= 15 is 0 Å². The molecule has 2 aromatic rings. The minimum absolute atomic E-state index is 0.0418. The summed E-state index contributed by atoms with van der Waals surface area (Å²) >= 11 is 0. The number of carbonyl (C=O) groups excluding carboxylic acids is 5. The summed E-state index contributed by atoms with van der Waals surface area (Å²) in [6, 6.07) is 13.1. The quantitative estimate of drug-likeness (QED) is 0.318. The molecule has 0 aromatic heterocycles. The van der Waals surface area contributed by atoms with Gasteiger partial charge >= 0.3 is 0 Å². The molecule has 0 spiro atoms. The predicted molar refractivity (Wildman–Crippen MR) is 181 cm³/mol. The van der Waals surface area contributed by atoms with Gasteiger partial charge in [0.15, 0.2) is 0 Å². The third-order valence-corrected chi connectivity index (χ3v) is 7.86.